The van der Waals surface area contributed by atoms with E-state index < -0.39 is 71.5 Å². The molecule has 0 aliphatic carbocycles. The monoisotopic (exact) mass is 865 g/mol. The van der Waals surface area contributed by atoms with Crippen LogP contribution in [0.5, 0.6) is 0 Å². The van der Waals surface area contributed by atoms with E-state index >= 15 is 0 Å². The molecular weight excluding hydrogens is 798 g/mol. The lowest BCUT2D eigenvalue weighted by Crippen LogP contribution is -2.61. The number of ether oxygens (including phenoxy) is 5. The van der Waals surface area contributed by atoms with Crippen LogP contribution in [0.3, 0.4) is 0 Å². The number of rotatable bonds is 10. The number of ketones is 1. The van der Waals surface area contributed by atoms with Crippen LogP contribution in [0, 0.1) is 17.8 Å². The van der Waals surface area contributed by atoms with E-state index in [1.807, 2.05) is 78.0 Å². The Bertz CT molecular complexity index is 1700. The number of aliphatic hydroxyl groups excluding tert-OH is 1. The lowest BCUT2D eigenvalue weighted by atomic mass is 9.78. The predicted octanol–water partition coefficient (Wildman–Crippen LogP) is 4.94. The fraction of sp³-hybridized carbons (Fsp3) is 0.762. The number of hydrogen-bond acceptors (Lipinski definition) is 15. The molecule has 3 fully saturated rings. The summed E-state index contributed by atoms with van der Waals surface area (Å²) in [4.78, 5) is 50.2. The number of nitrogens with zero attached hydrogens (tertiary/aromatic N) is 6. The minimum atomic E-state index is -1.24. The molecule has 2 N–H and O–H groups in total. The van der Waals surface area contributed by atoms with Crippen molar-refractivity contribution < 1.29 is 47.1 Å². The summed E-state index contributed by atoms with van der Waals surface area (Å²) < 4.78 is 43.4. The highest BCUT2D eigenvalue weighted by atomic mass is 32.2. The van der Waals surface area contributed by atoms with Gasteiger partial charge in [-0.3, -0.25) is 24.2 Å². The minimum Gasteiger partial charge on any atom is -0.458 e. The quantitative estimate of drug-likeness (QED) is 0.242. The highest BCUT2D eigenvalue weighted by molar-refractivity contribution is 7.93. The summed E-state index contributed by atoms with van der Waals surface area (Å²) in [5, 5.41) is 23.6. The number of pyridine rings is 1. The number of aromatic nitrogens is 4. The zero-order valence-corrected chi connectivity index (χ0v) is 38.2. The number of methoxy groups -OCH3 is 1. The van der Waals surface area contributed by atoms with Crippen LogP contribution in [-0.2, 0) is 39.8 Å². The van der Waals surface area contributed by atoms with Gasteiger partial charge in [0.1, 0.15) is 23.8 Å². The van der Waals surface area contributed by atoms with Gasteiger partial charge in [0, 0.05) is 62.8 Å². The Labute approximate surface area is 359 Å². The Hall–Kier alpha value is -3.26. The molecule has 5 heterocycles. The van der Waals surface area contributed by atoms with Crippen LogP contribution in [0.4, 0.5) is 8.68 Å². The van der Waals surface area contributed by atoms with Crippen molar-refractivity contribution in [3.63, 3.8) is 0 Å². The molecule has 0 radical (unpaired) electrons. The summed E-state index contributed by atoms with van der Waals surface area (Å²) in [7, 11) is 5.39. The van der Waals surface area contributed by atoms with Gasteiger partial charge < -0.3 is 39.0 Å². The van der Waals surface area contributed by atoms with Crippen molar-refractivity contribution in [2.24, 2.45) is 17.8 Å². The van der Waals surface area contributed by atoms with Crippen LogP contribution in [0.2, 0.25) is 0 Å². The molecule has 0 spiro atoms. The number of fused-ring (bicyclic) bond motifs is 1. The van der Waals surface area contributed by atoms with E-state index in [2.05, 4.69) is 27.5 Å². The average molecular weight is 866 g/mol. The van der Waals surface area contributed by atoms with Crippen LogP contribution in [0.1, 0.15) is 81.1 Å². The van der Waals surface area contributed by atoms with Crippen LogP contribution in [0.15, 0.2) is 30.6 Å². The standard InChI is InChI=1S/C41H65N7O9.CH3FS/c1-12-32-41(8)35(48(39(52)57-41)19-15-18-47-23-30(44-45-47)29-16-13-14-17-42-29)28(6)43-22-24(2)21-40(7,53-11)36(26(4)33(49)27(5)37(51)55-32)56-38-34(50)31(46(9)10)20-25(3)54-38;1-3-2/h13-14,16-17,23-28,31-32,34-36,38,43,50H,12,15,18-22H2,1-11H3;1H3/t24-,25-,26+,27-,28-,31?,32-,34?,35-,36-,38+,40-,41-;/m1./s1. The third-order valence-corrected chi connectivity index (χ3v) is 12.3. The summed E-state index contributed by atoms with van der Waals surface area (Å²) >= 11 is 0.250. The van der Waals surface area contributed by atoms with Crippen molar-refractivity contribution in [3.8, 4) is 11.4 Å². The molecule has 3 saturated heterocycles. The second-order valence-corrected chi connectivity index (χ2v) is 17.5. The normalized spacial score (nSPS) is 35.8. The number of Topliss-reactive ketones (excluding diaryl/α,β-unsaturated/α-hetero) is 1. The highest BCUT2D eigenvalue weighted by Gasteiger charge is 2.58. The Morgan fingerprint density at radius 2 is 1.80 bits per heavy atom. The van der Waals surface area contributed by atoms with E-state index in [4.69, 9.17) is 23.7 Å². The van der Waals surface area contributed by atoms with Gasteiger partial charge in [-0.25, -0.2) is 4.79 Å². The Morgan fingerprint density at radius 1 is 1.10 bits per heavy atom. The number of nitrogens with one attached hydrogen (secondary N) is 1. The maximum Gasteiger partial charge on any atom is 0.410 e. The molecule has 13 atom stereocenters. The number of hydrogen-bond donors (Lipinski definition) is 2. The van der Waals surface area contributed by atoms with E-state index in [-0.39, 0.29) is 36.3 Å². The van der Waals surface area contributed by atoms with Crippen molar-refractivity contribution in [2.45, 2.75) is 148 Å². The Balaban J connectivity index is 0.00000257. The molecular formula is C42H68FN7O9S. The molecule has 18 heteroatoms. The maximum absolute atomic E-state index is 14.4. The van der Waals surface area contributed by atoms with Gasteiger partial charge in [-0.05, 0) is 99.0 Å². The fourth-order valence-corrected chi connectivity index (χ4v) is 9.10. The van der Waals surface area contributed by atoms with Crippen molar-refractivity contribution in [3.05, 3.63) is 30.6 Å². The van der Waals surface area contributed by atoms with Gasteiger partial charge in [-0.15, -0.1) is 5.10 Å². The third-order valence-electron chi connectivity index (χ3n) is 12.3. The van der Waals surface area contributed by atoms with Gasteiger partial charge in [0.25, 0.3) is 0 Å². The van der Waals surface area contributed by atoms with Crippen molar-refractivity contribution >= 4 is 30.0 Å². The van der Waals surface area contributed by atoms with Crippen LogP contribution < -0.4 is 5.32 Å². The second kappa shape index (κ2) is 21.7. The molecule has 1 amide bonds. The Kier molecular flexibility index (Phi) is 17.9. The van der Waals surface area contributed by atoms with Crippen LogP contribution in [0.25, 0.3) is 11.4 Å². The van der Waals surface area contributed by atoms with E-state index in [0.717, 1.165) is 5.69 Å². The van der Waals surface area contributed by atoms with Crippen molar-refractivity contribution in [2.75, 3.05) is 40.6 Å². The van der Waals surface area contributed by atoms with E-state index in [1.165, 1.54) is 13.2 Å². The lowest BCUT2D eigenvalue weighted by Gasteiger charge is -2.46. The number of aliphatic hydroxyl groups is 1. The first-order valence-corrected chi connectivity index (χ1v) is 22.1. The highest BCUT2D eigenvalue weighted by Crippen LogP contribution is 2.40. The van der Waals surface area contributed by atoms with Gasteiger partial charge in [0.2, 0.25) is 0 Å². The topological polar surface area (TPSA) is 180 Å². The van der Waals surface area contributed by atoms with Crippen LogP contribution in [-0.4, -0.2) is 153 Å². The SMILES string of the molecule is CC[C@H]1OC(=O)[C@H](C)C(=O)[C@H](C)[C@@H](O[C@@H]2O[C@H](C)CC(N(C)C)C2O)[C@](C)(OC)C[C@@H](C)CN[C@H](C)[C@H]2N(CCCn3cc(-c4ccccn4)nn3)C(=O)O[C@]12C.CSF. The summed E-state index contributed by atoms with van der Waals surface area (Å²) in [5.74, 6) is -3.18. The summed E-state index contributed by atoms with van der Waals surface area (Å²) in [6.45, 7) is 16.2. The van der Waals surface area contributed by atoms with Gasteiger partial charge in [0.15, 0.2) is 17.7 Å². The number of carbonyl (C=O) groups is 3. The first-order chi connectivity index (χ1) is 28.3. The second-order valence-electron chi connectivity index (χ2n) is 17.2. The maximum atomic E-state index is 14.4. The largest absolute Gasteiger partial charge is 0.458 e. The number of aryl methyl sites for hydroxylation is 1. The number of carbonyl (C=O) groups excluding carboxylic acids is 3. The molecule has 3 aliphatic heterocycles. The third kappa shape index (κ3) is 11.4. The number of cyclic esters (lactones) is 1. The van der Waals surface area contributed by atoms with E-state index in [1.54, 1.807) is 29.8 Å². The number of amides is 1. The zero-order valence-electron chi connectivity index (χ0n) is 37.4. The van der Waals surface area contributed by atoms with Crippen molar-refractivity contribution in [1.29, 1.82) is 0 Å². The molecule has 2 aromatic rings. The van der Waals surface area contributed by atoms with E-state index in [0.29, 0.717) is 51.0 Å². The van der Waals surface area contributed by atoms with Crippen molar-refractivity contribution in [1.82, 2.24) is 35.1 Å². The molecule has 0 bridgehead atoms. The molecule has 16 nitrogen and oxygen atoms in total. The number of esters is 1. The van der Waals surface area contributed by atoms with Gasteiger partial charge in [-0.2, -0.15) is 3.89 Å². The molecule has 2 unspecified atom stereocenters. The van der Waals surface area contributed by atoms with Gasteiger partial charge >= 0.3 is 12.1 Å². The summed E-state index contributed by atoms with van der Waals surface area (Å²) in [6, 6.07) is 4.53. The molecule has 338 valence electrons. The lowest BCUT2D eigenvalue weighted by molar-refractivity contribution is -0.295. The Morgan fingerprint density at radius 3 is 2.42 bits per heavy atom. The van der Waals surface area contributed by atoms with Gasteiger partial charge in [0.05, 0.1) is 35.7 Å². The fourth-order valence-electron chi connectivity index (χ4n) is 9.10. The number of likely N-dealkylation sites (N-methyl/N-ethyl adjacent to an activating group) is 1. The molecule has 3 aliphatic rings. The molecule has 60 heavy (non-hydrogen) atoms. The minimum absolute atomic E-state index is 0.0165. The van der Waals surface area contributed by atoms with Crippen LogP contribution >= 0.6 is 12.1 Å². The smallest absolute Gasteiger partial charge is 0.410 e. The molecule has 2 aromatic heterocycles. The average Bonchev–Trinajstić information content (AvgIpc) is 3.79. The zero-order chi connectivity index (χ0) is 44.5. The predicted molar refractivity (Wildman–Crippen MR) is 225 cm³/mol. The van der Waals surface area contributed by atoms with Gasteiger partial charge in [-0.1, -0.05) is 32.1 Å². The first kappa shape index (κ1) is 49.4. The first-order valence-electron chi connectivity index (χ1n) is 21.0. The summed E-state index contributed by atoms with van der Waals surface area (Å²) in [6.07, 6.45) is 2.37. The molecule has 0 saturated carbocycles. The van der Waals surface area contributed by atoms with E-state index in [9.17, 15) is 23.4 Å². The number of halogens is 1. The molecule has 5 rings (SSSR count). The molecule has 0 aromatic carbocycles. The summed E-state index contributed by atoms with van der Waals surface area (Å²) in [5.41, 5.74) is -0.915.